The second kappa shape index (κ2) is 5.96. The van der Waals surface area contributed by atoms with Crippen LogP contribution in [0.1, 0.15) is 13.8 Å². The Morgan fingerprint density at radius 2 is 1.87 bits per heavy atom. The highest BCUT2D eigenvalue weighted by Crippen LogP contribution is 2.48. The summed E-state index contributed by atoms with van der Waals surface area (Å²) in [4.78, 5) is 10.9. The van der Waals surface area contributed by atoms with Crippen LogP contribution in [0.2, 0.25) is 0 Å². The van der Waals surface area contributed by atoms with E-state index in [0.29, 0.717) is 0 Å². The van der Waals surface area contributed by atoms with Gasteiger partial charge < -0.3 is 4.74 Å². The lowest BCUT2D eigenvalue weighted by Crippen LogP contribution is -2.18. The molecule has 2 N–H and O–H groups in total. The number of hydrogen-bond donors (Lipinski definition) is 2. The van der Waals surface area contributed by atoms with E-state index < -0.39 is 20.1 Å². The monoisotopic (exact) mass is 242 g/mol. The van der Waals surface area contributed by atoms with E-state index >= 15 is 0 Å². The van der Waals surface area contributed by atoms with Gasteiger partial charge in [-0.05, 0) is 13.8 Å². The van der Waals surface area contributed by atoms with E-state index in [0.717, 1.165) is 0 Å². The highest BCUT2D eigenvalue weighted by Gasteiger charge is 2.31. The zero-order valence-electron chi connectivity index (χ0n) is 8.08. The molecule has 0 aliphatic carbocycles. The van der Waals surface area contributed by atoms with Crippen molar-refractivity contribution in [3.63, 3.8) is 0 Å². The molecule has 0 amide bonds. The van der Waals surface area contributed by atoms with Crippen molar-refractivity contribution in [1.82, 2.24) is 0 Å². The Morgan fingerprint density at radius 1 is 1.40 bits per heavy atom. The first-order valence-electron chi connectivity index (χ1n) is 3.66. The number of ether oxygens (including phenoxy) is 1. The summed E-state index contributed by atoms with van der Waals surface area (Å²) < 4.78 is 26.2. The molecule has 1 atom stereocenters. The molecule has 0 bridgehead atoms. The van der Waals surface area contributed by atoms with Crippen molar-refractivity contribution in [3.8, 4) is 0 Å². The minimum Gasteiger partial charge on any atom is -0.432 e. The number of rotatable bonds is 6. The van der Waals surface area contributed by atoms with Crippen molar-refractivity contribution in [2.45, 2.75) is 20.1 Å². The Hall–Kier alpha value is -0.760. The lowest BCUT2D eigenvalue weighted by molar-refractivity contribution is -0.240. The largest absolute Gasteiger partial charge is 0.532 e. The van der Waals surface area contributed by atoms with E-state index in [4.69, 9.17) is 10.5 Å². The third kappa shape index (κ3) is 5.03. The van der Waals surface area contributed by atoms with Crippen molar-refractivity contribution in [3.05, 3.63) is 12.2 Å². The van der Waals surface area contributed by atoms with Gasteiger partial charge in [-0.25, -0.2) is 24.4 Å². The quantitative estimate of drug-likeness (QED) is 0.180. The molecule has 0 heterocycles. The molecule has 0 spiro atoms. The third-order valence-electron chi connectivity index (χ3n) is 1.10. The van der Waals surface area contributed by atoms with Gasteiger partial charge >= 0.3 is 13.8 Å². The van der Waals surface area contributed by atoms with Crippen LogP contribution in [-0.2, 0) is 28.0 Å². The number of esters is 1. The zero-order chi connectivity index (χ0) is 12.1. The zero-order valence-corrected chi connectivity index (χ0v) is 8.97. The molecule has 0 aliphatic rings. The van der Waals surface area contributed by atoms with E-state index in [9.17, 15) is 9.36 Å². The van der Waals surface area contributed by atoms with Gasteiger partial charge in [0.1, 0.15) is 0 Å². The first kappa shape index (κ1) is 14.2. The summed E-state index contributed by atoms with van der Waals surface area (Å²) in [5, 5.41) is 16.1. The molecule has 0 aliphatic heterocycles. The van der Waals surface area contributed by atoms with Gasteiger partial charge in [-0.2, -0.15) is 0 Å². The van der Waals surface area contributed by atoms with Crippen molar-refractivity contribution in [2.75, 3.05) is 0 Å². The molecule has 15 heavy (non-hydrogen) atoms. The van der Waals surface area contributed by atoms with Gasteiger partial charge in [0.15, 0.2) is 0 Å². The minimum atomic E-state index is -4.52. The number of phosphoric acid groups is 1. The molecule has 1 unspecified atom stereocenters. The molecule has 8 nitrogen and oxygen atoms in total. The van der Waals surface area contributed by atoms with E-state index in [1.54, 1.807) is 0 Å². The Balaban J connectivity index is 4.25. The molecule has 0 rings (SSSR count). The van der Waals surface area contributed by atoms with Gasteiger partial charge in [0.2, 0.25) is 6.29 Å². The number of carbonyl (C=O) groups excluding carboxylic acids is 1. The first-order chi connectivity index (χ1) is 6.84. The lowest BCUT2D eigenvalue weighted by atomic mass is 10.4. The van der Waals surface area contributed by atoms with Gasteiger partial charge in [0.25, 0.3) is 0 Å². The summed E-state index contributed by atoms with van der Waals surface area (Å²) in [6.07, 6.45) is -1.36. The molecule has 0 fully saturated rings. The lowest BCUT2D eigenvalue weighted by Gasteiger charge is -2.16. The number of hydrogen-bond acceptors (Lipinski definition) is 8. The second-order valence-corrected chi connectivity index (χ2v) is 3.90. The standard InChI is InChI=1S/C6H11O8P/c1-4(2)6(7)11-5(3)12-15(10,13-8)14-9/h5,8-9H,1H2,2-3H3. The van der Waals surface area contributed by atoms with Crippen LogP contribution in [0.25, 0.3) is 0 Å². The van der Waals surface area contributed by atoms with Crippen LogP contribution in [0.3, 0.4) is 0 Å². The summed E-state index contributed by atoms with van der Waals surface area (Å²) in [7, 11) is -4.52. The topological polar surface area (TPSA) is 112 Å². The Labute approximate surface area is 85.5 Å². The van der Waals surface area contributed by atoms with Crippen LogP contribution in [0.5, 0.6) is 0 Å². The SMILES string of the molecule is C=C(C)C(=O)OC(C)OP(=O)(OO)OO. The first-order valence-corrected chi connectivity index (χ1v) is 5.12. The van der Waals surface area contributed by atoms with Gasteiger partial charge in [-0.1, -0.05) is 6.58 Å². The fraction of sp³-hybridized carbons (Fsp3) is 0.500. The van der Waals surface area contributed by atoms with E-state index in [2.05, 4.69) is 25.2 Å². The summed E-state index contributed by atoms with van der Waals surface area (Å²) in [5.74, 6) is -0.801. The van der Waals surface area contributed by atoms with Crippen LogP contribution in [0, 0.1) is 0 Å². The maximum atomic E-state index is 10.9. The molecule has 0 aromatic rings. The molecule has 9 heteroatoms. The summed E-state index contributed by atoms with van der Waals surface area (Å²) >= 11 is 0. The van der Waals surface area contributed by atoms with E-state index in [-0.39, 0.29) is 5.57 Å². The van der Waals surface area contributed by atoms with Crippen LogP contribution in [-0.4, -0.2) is 22.8 Å². The Morgan fingerprint density at radius 3 is 2.20 bits per heavy atom. The second-order valence-electron chi connectivity index (χ2n) is 2.47. The molecule has 0 aromatic carbocycles. The van der Waals surface area contributed by atoms with Crippen molar-refractivity contribution in [1.29, 1.82) is 0 Å². The van der Waals surface area contributed by atoms with Gasteiger partial charge in [0, 0.05) is 5.57 Å². The molecule has 0 saturated heterocycles. The summed E-state index contributed by atoms with van der Waals surface area (Å²) in [5.41, 5.74) is 0.0927. The smallest absolute Gasteiger partial charge is 0.432 e. The van der Waals surface area contributed by atoms with Crippen LogP contribution in [0.15, 0.2) is 12.2 Å². The molecule has 88 valence electrons. The number of carbonyl (C=O) groups is 1. The maximum Gasteiger partial charge on any atom is 0.532 e. The Bertz CT molecular complexity index is 279. The molecule has 0 radical (unpaired) electrons. The summed E-state index contributed by atoms with van der Waals surface area (Å²) in [6, 6.07) is 0. The molecular weight excluding hydrogens is 231 g/mol. The fourth-order valence-corrected chi connectivity index (χ4v) is 1.02. The van der Waals surface area contributed by atoms with Crippen molar-refractivity contribution >= 4 is 13.8 Å². The molecule has 0 saturated carbocycles. The van der Waals surface area contributed by atoms with E-state index in [1.165, 1.54) is 13.8 Å². The van der Waals surface area contributed by atoms with Crippen LogP contribution < -0.4 is 0 Å². The van der Waals surface area contributed by atoms with Crippen LogP contribution >= 0.6 is 7.82 Å². The maximum absolute atomic E-state index is 10.9. The van der Waals surface area contributed by atoms with E-state index in [1.807, 2.05) is 0 Å². The predicted octanol–water partition coefficient (Wildman–Crippen LogP) is 1.56. The fourth-order valence-electron chi connectivity index (χ4n) is 0.508. The van der Waals surface area contributed by atoms with Crippen LogP contribution in [0.4, 0.5) is 0 Å². The predicted molar refractivity (Wildman–Crippen MR) is 46.5 cm³/mol. The molecular formula is C6H11O8P. The third-order valence-corrected chi connectivity index (χ3v) is 2.05. The minimum absolute atomic E-state index is 0.0927. The molecule has 0 aromatic heterocycles. The van der Waals surface area contributed by atoms with Gasteiger partial charge in [-0.3, -0.25) is 0 Å². The summed E-state index contributed by atoms with van der Waals surface area (Å²) in [6.45, 7) is 5.85. The van der Waals surface area contributed by atoms with Crippen molar-refractivity contribution in [2.24, 2.45) is 0 Å². The average molecular weight is 242 g/mol. The highest BCUT2D eigenvalue weighted by atomic mass is 31.2. The normalized spacial score (nSPS) is 13.3. The van der Waals surface area contributed by atoms with Gasteiger partial charge in [0.05, 0.1) is 0 Å². The van der Waals surface area contributed by atoms with Gasteiger partial charge in [-0.15, -0.1) is 9.35 Å². The van der Waals surface area contributed by atoms with Crippen molar-refractivity contribution < 1.29 is 38.5 Å². The Kier molecular flexibility index (Phi) is 5.66. The average Bonchev–Trinajstić information content (AvgIpc) is 2.17. The highest BCUT2D eigenvalue weighted by molar-refractivity contribution is 7.48.